The van der Waals surface area contributed by atoms with Gasteiger partial charge in [-0.3, -0.25) is 0 Å². The maximum Gasteiger partial charge on any atom is 0.118 e. The normalized spacial score (nSPS) is 44.6. The quantitative estimate of drug-likeness (QED) is 0.313. The number of oxime groups is 1. The molecule has 0 spiro atoms. The molecule has 4 aliphatic carbocycles. The van der Waals surface area contributed by atoms with Crippen LogP contribution >= 0.6 is 0 Å². The first-order valence-electron chi connectivity index (χ1n) is 13.2. The Kier molecular flexibility index (Phi) is 7.65. The predicted octanol–water partition coefficient (Wildman–Crippen LogP) is 4.73. The Morgan fingerprint density at radius 1 is 0.871 bits per heavy atom. The fraction of sp³-hybridized carbons (Fsp3) is 0.962. The molecule has 31 heavy (non-hydrogen) atoms. The van der Waals surface area contributed by atoms with Gasteiger partial charge < -0.3 is 21.0 Å². The minimum atomic E-state index is 0.410. The van der Waals surface area contributed by atoms with Crippen LogP contribution in [-0.2, 0) is 9.57 Å². The standard InChI is InChI=1S/C26H47N3O2/c1-25-11-9-21(30-15-3-13-27)17-19(25)5-7-22-23-8-6-20(18-29-31-16-4-14-28)26(23,2)12-10-24(22)25/h18-24H,3-17,27-28H2,1-2H3/b29-18+/t19-,20+,21+,22+,23-,24+,25+,26-/m1/s1. The third-order valence-electron chi connectivity index (χ3n) is 10.1. The summed E-state index contributed by atoms with van der Waals surface area (Å²) in [5.74, 6) is 4.11. The van der Waals surface area contributed by atoms with E-state index in [0.29, 0.717) is 36.0 Å². The molecule has 0 aromatic rings. The monoisotopic (exact) mass is 433 g/mol. The van der Waals surface area contributed by atoms with Crippen molar-refractivity contribution in [1.82, 2.24) is 0 Å². The van der Waals surface area contributed by atoms with Crippen LogP contribution in [0.3, 0.4) is 0 Å². The summed E-state index contributed by atoms with van der Waals surface area (Å²) in [6.07, 6.45) is 16.6. The van der Waals surface area contributed by atoms with Gasteiger partial charge in [-0.2, -0.15) is 0 Å². The summed E-state index contributed by atoms with van der Waals surface area (Å²) in [6.45, 7) is 8.10. The van der Waals surface area contributed by atoms with E-state index in [-0.39, 0.29) is 0 Å². The van der Waals surface area contributed by atoms with Crippen molar-refractivity contribution in [1.29, 1.82) is 0 Å². The zero-order chi connectivity index (χ0) is 21.9. The van der Waals surface area contributed by atoms with E-state index in [0.717, 1.165) is 49.7 Å². The summed E-state index contributed by atoms with van der Waals surface area (Å²) in [4.78, 5) is 5.47. The van der Waals surface area contributed by atoms with Crippen LogP contribution in [0.4, 0.5) is 0 Å². The zero-order valence-corrected chi connectivity index (χ0v) is 20.1. The van der Waals surface area contributed by atoms with E-state index in [9.17, 15) is 0 Å². The minimum Gasteiger partial charge on any atom is -0.396 e. The number of nitrogens with zero attached hydrogens (tertiary/aromatic N) is 1. The Bertz CT molecular complexity index is 613. The van der Waals surface area contributed by atoms with Gasteiger partial charge in [0, 0.05) is 18.7 Å². The Balaban J connectivity index is 1.38. The van der Waals surface area contributed by atoms with Gasteiger partial charge in [0.1, 0.15) is 6.61 Å². The van der Waals surface area contributed by atoms with Crippen molar-refractivity contribution in [3.8, 4) is 0 Å². The summed E-state index contributed by atoms with van der Waals surface area (Å²) < 4.78 is 6.20. The first kappa shape index (κ1) is 23.5. The second kappa shape index (κ2) is 10.1. The molecular weight excluding hydrogens is 386 g/mol. The SMILES string of the molecule is C[C@]12CC[C@H](OCCCN)C[C@H]1CC[C@H]1[C@H]3CC[C@@H](/C=N/OCCCN)[C@@]3(C)CC[C@@H]12. The fourth-order valence-electron chi connectivity index (χ4n) is 8.31. The van der Waals surface area contributed by atoms with Gasteiger partial charge in [0.25, 0.3) is 0 Å². The molecule has 178 valence electrons. The highest BCUT2D eigenvalue weighted by Gasteiger charge is 2.60. The number of nitrogens with two attached hydrogens (primary N) is 2. The van der Waals surface area contributed by atoms with Crippen molar-refractivity contribution in [2.75, 3.05) is 26.3 Å². The van der Waals surface area contributed by atoms with Crippen molar-refractivity contribution in [2.45, 2.75) is 90.6 Å². The molecular formula is C26H47N3O2. The third kappa shape index (κ3) is 4.56. The molecule has 4 rings (SSSR count). The number of hydrogen-bond donors (Lipinski definition) is 2. The summed E-state index contributed by atoms with van der Waals surface area (Å²) in [6, 6.07) is 0. The van der Waals surface area contributed by atoms with E-state index in [2.05, 4.69) is 25.2 Å². The van der Waals surface area contributed by atoms with Crippen LogP contribution in [0.15, 0.2) is 5.16 Å². The molecule has 4 N–H and O–H groups in total. The van der Waals surface area contributed by atoms with Crippen molar-refractivity contribution >= 4 is 6.21 Å². The Morgan fingerprint density at radius 3 is 2.42 bits per heavy atom. The van der Waals surface area contributed by atoms with E-state index in [1.54, 1.807) is 0 Å². The van der Waals surface area contributed by atoms with Gasteiger partial charge in [-0.25, -0.2) is 0 Å². The summed E-state index contributed by atoms with van der Waals surface area (Å²) in [7, 11) is 0. The fourth-order valence-corrected chi connectivity index (χ4v) is 8.31. The van der Waals surface area contributed by atoms with Crippen molar-refractivity contribution in [3.63, 3.8) is 0 Å². The van der Waals surface area contributed by atoms with Gasteiger partial charge in [-0.15, -0.1) is 0 Å². The Morgan fingerprint density at radius 2 is 1.61 bits per heavy atom. The van der Waals surface area contributed by atoms with Crippen molar-refractivity contribution in [3.05, 3.63) is 0 Å². The van der Waals surface area contributed by atoms with Crippen LogP contribution in [0.2, 0.25) is 0 Å². The third-order valence-corrected chi connectivity index (χ3v) is 10.1. The van der Waals surface area contributed by atoms with Gasteiger partial charge in [0.2, 0.25) is 0 Å². The molecule has 0 heterocycles. The molecule has 4 saturated carbocycles. The van der Waals surface area contributed by atoms with Gasteiger partial charge in [0.05, 0.1) is 6.10 Å². The molecule has 0 aromatic carbocycles. The molecule has 5 nitrogen and oxygen atoms in total. The largest absolute Gasteiger partial charge is 0.396 e. The van der Waals surface area contributed by atoms with Crippen LogP contribution in [0.5, 0.6) is 0 Å². The Hall–Kier alpha value is -0.650. The summed E-state index contributed by atoms with van der Waals surface area (Å²) >= 11 is 0. The lowest BCUT2D eigenvalue weighted by Crippen LogP contribution is -2.54. The number of hydrogen-bond acceptors (Lipinski definition) is 5. The lowest BCUT2D eigenvalue weighted by Gasteiger charge is -2.61. The molecule has 0 bridgehead atoms. The van der Waals surface area contributed by atoms with E-state index in [1.807, 2.05) is 0 Å². The van der Waals surface area contributed by atoms with E-state index >= 15 is 0 Å². The summed E-state index contributed by atoms with van der Waals surface area (Å²) in [5.41, 5.74) is 12.1. The van der Waals surface area contributed by atoms with Crippen LogP contribution in [-0.4, -0.2) is 38.6 Å². The average Bonchev–Trinajstić information content (AvgIpc) is 3.10. The van der Waals surface area contributed by atoms with E-state index < -0.39 is 0 Å². The molecule has 0 radical (unpaired) electrons. The molecule has 0 unspecified atom stereocenters. The maximum atomic E-state index is 6.20. The molecule has 0 saturated heterocycles. The van der Waals surface area contributed by atoms with Gasteiger partial charge >= 0.3 is 0 Å². The molecule has 0 amide bonds. The lowest BCUT2D eigenvalue weighted by molar-refractivity contribution is -0.131. The number of fused-ring (bicyclic) bond motifs is 5. The second-order valence-electron chi connectivity index (χ2n) is 11.5. The molecule has 5 heteroatoms. The smallest absolute Gasteiger partial charge is 0.118 e. The summed E-state index contributed by atoms with van der Waals surface area (Å²) in [5, 5.41) is 4.35. The van der Waals surface area contributed by atoms with E-state index in [4.69, 9.17) is 21.0 Å². The van der Waals surface area contributed by atoms with Crippen molar-refractivity contribution < 1.29 is 9.57 Å². The zero-order valence-electron chi connectivity index (χ0n) is 20.1. The maximum absolute atomic E-state index is 6.20. The number of rotatable bonds is 9. The first-order chi connectivity index (χ1) is 15.0. The Labute approximate surface area is 190 Å². The van der Waals surface area contributed by atoms with Crippen LogP contribution in [0.25, 0.3) is 0 Å². The lowest BCUT2D eigenvalue weighted by atomic mass is 9.44. The molecule has 4 fully saturated rings. The van der Waals surface area contributed by atoms with Gasteiger partial charge in [-0.05, 0) is 118 Å². The van der Waals surface area contributed by atoms with Crippen LogP contribution in [0, 0.1) is 40.4 Å². The van der Waals surface area contributed by atoms with Crippen LogP contribution in [0.1, 0.15) is 84.5 Å². The molecule has 8 atom stereocenters. The second-order valence-corrected chi connectivity index (χ2v) is 11.5. The highest BCUT2D eigenvalue weighted by Crippen LogP contribution is 2.67. The van der Waals surface area contributed by atoms with Crippen molar-refractivity contribution in [2.24, 2.45) is 57.0 Å². The molecule has 0 aliphatic heterocycles. The molecule has 0 aromatic heterocycles. The van der Waals surface area contributed by atoms with Gasteiger partial charge in [-0.1, -0.05) is 19.0 Å². The number of ether oxygens (including phenoxy) is 1. The average molecular weight is 434 g/mol. The van der Waals surface area contributed by atoms with Crippen LogP contribution < -0.4 is 11.5 Å². The first-order valence-corrected chi connectivity index (χ1v) is 13.2. The molecule has 4 aliphatic rings. The predicted molar refractivity (Wildman–Crippen MR) is 127 cm³/mol. The van der Waals surface area contributed by atoms with Gasteiger partial charge in [0.15, 0.2) is 0 Å². The highest BCUT2D eigenvalue weighted by molar-refractivity contribution is 5.62. The van der Waals surface area contributed by atoms with E-state index in [1.165, 1.54) is 57.8 Å². The minimum absolute atomic E-state index is 0.410. The highest BCUT2D eigenvalue weighted by atomic mass is 16.6. The topological polar surface area (TPSA) is 82.9 Å².